The monoisotopic (exact) mass is 322 g/mol. The van der Waals surface area contributed by atoms with Crippen molar-refractivity contribution in [1.82, 2.24) is 10.2 Å². The molecule has 0 radical (unpaired) electrons. The largest absolute Gasteiger partial charge is 0.352 e. The van der Waals surface area contributed by atoms with Crippen LogP contribution in [0.1, 0.15) is 48.9 Å². The molecule has 1 aliphatic heterocycles. The van der Waals surface area contributed by atoms with Crippen molar-refractivity contribution in [3.8, 4) is 0 Å². The van der Waals surface area contributed by atoms with Gasteiger partial charge in [-0.15, -0.1) is 0 Å². The molecule has 1 aromatic rings. The van der Waals surface area contributed by atoms with E-state index in [2.05, 4.69) is 10.2 Å². The lowest BCUT2D eigenvalue weighted by atomic mass is 9.95. The second-order valence-corrected chi connectivity index (χ2v) is 6.72. The maximum atomic E-state index is 13.6. The summed E-state index contributed by atoms with van der Waals surface area (Å²) in [5.41, 5.74) is -0.476. The highest BCUT2D eigenvalue weighted by molar-refractivity contribution is 5.94. The Bertz CT molecular complexity index is 530. The molecule has 3 nitrogen and oxygen atoms in total. The number of nitrogens with one attached hydrogen (secondary N) is 1. The van der Waals surface area contributed by atoms with Gasteiger partial charge in [0.05, 0.1) is 0 Å². The van der Waals surface area contributed by atoms with Crippen LogP contribution in [0.2, 0.25) is 0 Å². The van der Waals surface area contributed by atoms with Crippen LogP contribution < -0.4 is 5.32 Å². The summed E-state index contributed by atoms with van der Waals surface area (Å²) in [4.78, 5) is 14.6. The topological polar surface area (TPSA) is 32.3 Å². The third-order valence-corrected chi connectivity index (χ3v) is 5.23. The Morgan fingerprint density at radius 2 is 1.70 bits per heavy atom. The summed E-state index contributed by atoms with van der Waals surface area (Å²) in [5, 5.41) is 2.70. The highest BCUT2D eigenvalue weighted by atomic mass is 19.1. The van der Waals surface area contributed by atoms with Gasteiger partial charge in [-0.1, -0.05) is 18.9 Å². The van der Waals surface area contributed by atoms with Gasteiger partial charge in [-0.05, 0) is 56.8 Å². The SMILES string of the molecule is O=C(NCC1CCN(C2CCCC2)CC1)c1c(F)cccc1F. The summed E-state index contributed by atoms with van der Waals surface area (Å²) < 4.78 is 27.2. The molecule has 1 saturated heterocycles. The average molecular weight is 322 g/mol. The van der Waals surface area contributed by atoms with Crippen molar-refractivity contribution in [1.29, 1.82) is 0 Å². The van der Waals surface area contributed by atoms with Gasteiger partial charge in [-0.2, -0.15) is 0 Å². The zero-order valence-corrected chi connectivity index (χ0v) is 13.4. The predicted octanol–water partition coefficient (Wildman–Crippen LogP) is 3.35. The zero-order valence-electron chi connectivity index (χ0n) is 13.4. The molecular formula is C18H24F2N2O. The standard InChI is InChI=1S/C18H24F2N2O/c19-15-6-3-7-16(20)17(15)18(23)21-12-13-8-10-22(11-9-13)14-4-1-2-5-14/h3,6-7,13-14H,1-2,4-5,8-12H2,(H,21,23). The van der Waals surface area contributed by atoms with E-state index < -0.39 is 23.1 Å². The normalized spacial score (nSPS) is 20.8. The molecule has 126 valence electrons. The molecule has 1 aliphatic carbocycles. The number of halogens is 2. The maximum absolute atomic E-state index is 13.6. The first-order chi connectivity index (χ1) is 11.1. The minimum Gasteiger partial charge on any atom is -0.352 e. The molecule has 1 saturated carbocycles. The number of hydrogen-bond donors (Lipinski definition) is 1. The average Bonchev–Trinajstić information content (AvgIpc) is 3.08. The lowest BCUT2D eigenvalue weighted by Crippen LogP contribution is -2.42. The number of carbonyl (C=O) groups excluding carboxylic acids is 1. The van der Waals surface area contributed by atoms with Gasteiger partial charge in [0, 0.05) is 12.6 Å². The molecule has 1 N–H and O–H groups in total. The molecule has 0 bridgehead atoms. The van der Waals surface area contributed by atoms with Crippen LogP contribution in [0.25, 0.3) is 0 Å². The first kappa shape index (κ1) is 16.4. The number of carbonyl (C=O) groups is 1. The summed E-state index contributed by atoms with van der Waals surface area (Å²) in [6.07, 6.45) is 7.39. The molecule has 3 rings (SSSR count). The second kappa shape index (κ2) is 7.39. The maximum Gasteiger partial charge on any atom is 0.257 e. The zero-order chi connectivity index (χ0) is 16.2. The Hall–Kier alpha value is -1.49. The van der Waals surface area contributed by atoms with Crippen molar-refractivity contribution in [2.75, 3.05) is 19.6 Å². The van der Waals surface area contributed by atoms with Crippen LogP contribution in [0.5, 0.6) is 0 Å². The van der Waals surface area contributed by atoms with Gasteiger partial charge in [0.1, 0.15) is 17.2 Å². The van der Waals surface area contributed by atoms with Gasteiger partial charge < -0.3 is 10.2 Å². The number of rotatable bonds is 4. The van der Waals surface area contributed by atoms with E-state index in [4.69, 9.17) is 0 Å². The van der Waals surface area contributed by atoms with Crippen LogP contribution in [0, 0.1) is 17.6 Å². The number of hydrogen-bond acceptors (Lipinski definition) is 2. The van der Waals surface area contributed by atoms with Gasteiger partial charge in [0.2, 0.25) is 0 Å². The Balaban J connectivity index is 1.47. The molecule has 5 heteroatoms. The number of piperidine rings is 1. The Kier molecular flexibility index (Phi) is 5.26. The van der Waals surface area contributed by atoms with E-state index in [1.54, 1.807) is 0 Å². The van der Waals surface area contributed by atoms with Gasteiger partial charge in [0.25, 0.3) is 5.91 Å². The summed E-state index contributed by atoms with van der Waals surface area (Å²) >= 11 is 0. The van der Waals surface area contributed by atoms with Gasteiger partial charge >= 0.3 is 0 Å². The molecule has 23 heavy (non-hydrogen) atoms. The van der Waals surface area contributed by atoms with Gasteiger partial charge in [0.15, 0.2) is 0 Å². The molecule has 2 fully saturated rings. The Morgan fingerprint density at radius 3 is 2.30 bits per heavy atom. The molecule has 0 atom stereocenters. The van der Waals surface area contributed by atoms with E-state index in [0.717, 1.165) is 44.1 Å². The first-order valence-corrected chi connectivity index (χ1v) is 8.61. The third kappa shape index (κ3) is 3.89. The van der Waals surface area contributed by atoms with E-state index in [0.29, 0.717) is 12.5 Å². The fourth-order valence-electron chi connectivity index (χ4n) is 3.83. The second-order valence-electron chi connectivity index (χ2n) is 6.72. The van der Waals surface area contributed by atoms with E-state index in [1.165, 1.54) is 31.7 Å². The van der Waals surface area contributed by atoms with Gasteiger partial charge in [-0.3, -0.25) is 4.79 Å². The van der Waals surface area contributed by atoms with Crippen molar-refractivity contribution in [3.05, 3.63) is 35.4 Å². The number of likely N-dealkylation sites (tertiary alicyclic amines) is 1. The molecule has 0 aromatic heterocycles. The summed E-state index contributed by atoms with van der Waals surface area (Å²) in [5.74, 6) is -1.87. The Morgan fingerprint density at radius 1 is 1.09 bits per heavy atom. The lowest BCUT2D eigenvalue weighted by molar-refractivity contribution is 0.0916. The fraction of sp³-hybridized carbons (Fsp3) is 0.611. The van der Waals surface area contributed by atoms with Gasteiger partial charge in [-0.25, -0.2) is 8.78 Å². The van der Waals surface area contributed by atoms with Crippen molar-refractivity contribution in [3.63, 3.8) is 0 Å². The fourth-order valence-corrected chi connectivity index (χ4v) is 3.83. The minimum absolute atomic E-state index is 0.395. The van der Waals surface area contributed by atoms with Crippen LogP contribution in [-0.4, -0.2) is 36.5 Å². The third-order valence-electron chi connectivity index (χ3n) is 5.23. The molecule has 2 aliphatic rings. The van der Waals surface area contributed by atoms with Crippen molar-refractivity contribution in [2.45, 2.75) is 44.6 Å². The summed E-state index contributed by atoms with van der Waals surface area (Å²) in [7, 11) is 0. The van der Waals surface area contributed by atoms with E-state index >= 15 is 0 Å². The molecule has 1 heterocycles. The minimum atomic E-state index is -0.807. The quantitative estimate of drug-likeness (QED) is 0.922. The van der Waals surface area contributed by atoms with Crippen LogP contribution in [0.4, 0.5) is 8.78 Å². The van der Waals surface area contributed by atoms with Crippen LogP contribution >= 0.6 is 0 Å². The summed E-state index contributed by atoms with van der Waals surface area (Å²) in [6.45, 7) is 2.63. The number of benzene rings is 1. The first-order valence-electron chi connectivity index (χ1n) is 8.61. The summed E-state index contributed by atoms with van der Waals surface area (Å²) in [6, 6.07) is 4.23. The van der Waals surface area contributed by atoms with E-state index in [-0.39, 0.29) is 0 Å². The van der Waals surface area contributed by atoms with Crippen molar-refractivity contribution < 1.29 is 13.6 Å². The molecule has 1 amide bonds. The highest BCUT2D eigenvalue weighted by Crippen LogP contribution is 2.27. The molecular weight excluding hydrogens is 298 g/mol. The highest BCUT2D eigenvalue weighted by Gasteiger charge is 2.27. The van der Waals surface area contributed by atoms with Crippen LogP contribution in [0.3, 0.4) is 0 Å². The smallest absolute Gasteiger partial charge is 0.257 e. The van der Waals surface area contributed by atoms with E-state index in [9.17, 15) is 13.6 Å². The molecule has 0 unspecified atom stereocenters. The predicted molar refractivity (Wildman–Crippen MR) is 85.2 cm³/mol. The lowest BCUT2D eigenvalue weighted by Gasteiger charge is -2.36. The van der Waals surface area contributed by atoms with Crippen molar-refractivity contribution in [2.24, 2.45) is 5.92 Å². The number of nitrogens with zero attached hydrogens (tertiary/aromatic N) is 1. The van der Waals surface area contributed by atoms with Crippen LogP contribution in [-0.2, 0) is 0 Å². The Labute approximate surface area is 136 Å². The molecule has 0 spiro atoms. The van der Waals surface area contributed by atoms with Crippen LogP contribution in [0.15, 0.2) is 18.2 Å². The van der Waals surface area contributed by atoms with E-state index in [1.807, 2.05) is 0 Å². The number of amides is 1. The van der Waals surface area contributed by atoms with Crippen molar-refractivity contribution >= 4 is 5.91 Å². The molecule has 1 aromatic carbocycles.